The van der Waals surface area contributed by atoms with Crippen molar-refractivity contribution in [2.24, 2.45) is 0 Å². The molecule has 0 aliphatic rings. The molecule has 0 amide bonds. The number of aryl methyl sites for hydroxylation is 2. The number of fused-ring (bicyclic) bond motifs is 1. The van der Waals surface area contributed by atoms with Crippen molar-refractivity contribution in [1.29, 1.82) is 0 Å². The Hall–Kier alpha value is -1.61. The average molecular weight is 264 g/mol. The molecule has 0 unspecified atom stereocenters. The van der Waals surface area contributed by atoms with Crippen molar-refractivity contribution in [3.8, 4) is 0 Å². The predicted molar refractivity (Wildman–Crippen MR) is 71.9 cm³/mol. The first-order chi connectivity index (χ1) is 8.51. The van der Waals surface area contributed by atoms with E-state index < -0.39 is 0 Å². The van der Waals surface area contributed by atoms with Crippen molar-refractivity contribution in [2.75, 3.05) is 7.11 Å². The van der Waals surface area contributed by atoms with Crippen LogP contribution in [0.4, 0.5) is 0 Å². The number of halogens is 1. The van der Waals surface area contributed by atoms with Crippen molar-refractivity contribution >= 4 is 28.5 Å². The highest BCUT2D eigenvalue weighted by Crippen LogP contribution is 2.27. The van der Waals surface area contributed by atoms with Gasteiger partial charge in [0.25, 0.3) is 0 Å². The van der Waals surface area contributed by atoms with Crippen LogP contribution in [-0.4, -0.2) is 18.1 Å². The number of carbonyl (C=O) groups is 1. The third kappa shape index (κ3) is 2.46. The second-order valence-electron chi connectivity index (χ2n) is 4.31. The number of hydrogen-bond acceptors (Lipinski definition) is 3. The van der Waals surface area contributed by atoms with E-state index in [1.165, 1.54) is 7.11 Å². The Kier molecular flexibility index (Phi) is 3.53. The van der Waals surface area contributed by atoms with Crippen LogP contribution in [0.2, 0.25) is 5.02 Å². The van der Waals surface area contributed by atoms with E-state index in [1.54, 1.807) is 0 Å². The van der Waals surface area contributed by atoms with Gasteiger partial charge in [0.1, 0.15) is 0 Å². The molecule has 0 bridgehead atoms. The number of hydrogen-bond donors (Lipinski definition) is 0. The first-order valence-electron chi connectivity index (χ1n) is 5.64. The molecule has 0 fully saturated rings. The molecule has 2 aromatic rings. The minimum Gasteiger partial charge on any atom is -0.469 e. The number of rotatable bonds is 2. The summed E-state index contributed by atoms with van der Waals surface area (Å²) in [6.07, 6.45) is 0.248. The number of esters is 1. The van der Waals surface area contributed by atoms with Gasteiger partial charge in [-0.2, -0.15) is 0 Å². The van der Waals surface area contributed by atoms with Gasteiger partial charge in [-0.1, -0.05) is 17.7 Å². The summed E-state index contributed by atoms with van der Waals surface area (Å²) in [4.78, 5) is 15.8. The van der Waals surface area contributed by atoms with Gasteiger partial charge in [-0.15, -0.1) is 0 Å². The van der Waals surface area contributed by atoms with E-state index in [0.717, 1.165) is 27.7 Å². The first kappa shape index (κ1) is 12.8. The molecule has 0 saturated carbocycles. The van der Waals surface area contributed by atoms with E-state index in [4.69, 9.17) is 11.6 Å². The highest BCUT2D eigenvalue weighted by Gasteiger charge is 2.09. The topological polar surface area (TPSA) is 39.2 Å². The van der Waals surface area contributed by atoms with Crippen LogP contribution in [0.15, 0.2) is 18.2 Å². The first-order valence-corrected chi connectivity index (χ1v) is 6.02. The van der Waals surface area contributed by atoms with Crippen LogP contribution < -0.4 is 0 Å². The molecule has 0 N–H and O–H groups in total. The van der Waals surface area contributed by atoms with Crippen molar-refractivity contribution in [2.45, 2.75) is 20.3 Å². The number of carbonyl (C=O) groups excluding carboxylic acids is 1. The highest BCUT2D eigenvalue weighted by molar-refractivity contribution is 6.35. The zero-order valence-corrected chi connectivity index (χ0v) is 11.3. The number of ether oxygens (including phenoxy) is 1. The van der Waals surface area contributed by atoms with Gasteiger partial charge < -0.3 is 4.74 Å². The lowest BCUT2D eigenvalue weighted by molar-refractivity contribution is -0.139. The third-order valence-electron chi connectivity index (χ3n) is 2.82. The van der Waals surface area contributed by atoms with Gasteiger partial charge in [-0.05, 0) is 37.1 Å². The minimum atomic E-state index is -0.259. The fourth-order valence-electron chi connectivity index (χ4n) is 2.00. The molecule has 1 aromatic heterocycles. The molecule has 0 aliphatic carbocycles. The molecule has 2 rings (SSSR count). The minimum absolute atomic E-state index is 0.248. The van der Waals surface area contributed by atoms with E-state index in [9.17, 15) is 4.79 Å². The van der Waals surface area contributed by atoms with Crippen molar-refractivity contribution in [1.82, 2.24) is 4.98 Å². The molecule has 18 heavy (non-hydrogen) atoms. The smallest absolute Gasteiger partial charge is 0.309 e. The maximum Gasteiger partial charge on any atom is 0.309 e. The lowest BCUT2D eigenvalue weighted by atomic mass is 10.0. The van der Waals surface area contributed by atoms with Crippen LogP contribution >= 0.6 is 11.6 Å². The largest absolute Gasteiger partial charge is 0.469 e. The van der Waals surface area contributed by atoms with E-state index in [1.807, 2.05) is 32.0 Å². The van der Waals surface area contributed by atoms with Crippen LogP contribution in [0.5, 0.6) is 0 Å². The second-order valence-corrected chi connectivity index (χ2v) is 4.71. The standard InChI is InChI=1S/C14H14ClNO2/c1-8-4-10(7-13(17)18-3)6-11-12(15)5-9(2)16-14(8)11/h4-6H,7H2,1-3H3. The number of nitrogens with zero attached hydrogens (tertiary/aromatic N) is 1. The predicted octanol–water partition coefficient (Wildman–Crippen LogP) is 3.22. The van der Waals surface area contributed by atoms with Gasteiger partial charge in [-0.3, -0.25) is 9.78 Å². The lowest BCUT2D eigenvalue weighted by Crippen LogP contribution is -2.05. The molecule has 3 nitrogen and oxygen atoms in total. The van der Waals surface area contributed by atoms with Gasteiger partial charge >= 0.3 is 5.97 Å². The summed E-state index contributed by atoms with van der Waals surface area (Å²) in [5, 5.41) is 1.54. The number of methoxy groups -OCH3 is 1. The maximum atomic E-state index is 11.3. The Morgan fingerprint density at radius 1 is 1.33 bits per heavy atom. The van der Waals surface area contributed by atoms with Gasteiger partial charge in [0.15, 0.2) is 0 Å². The van der Waals surface area contributed by atoms with Gasteiger partial charge in [0.05, 0.1) is 24.1 Å². The van der Waals surface area contributed by atoms with E-state index in [2.05, 4.69) is 9.72 Å². The highest BCUT2D eigenvalue weighted by atomic mass is 35.5. The van der Waals surface area contributed by atoms with Gasteiger partial charge in [0.2, 0.25) is 0 Å². The molecule has 0 atom stereocenters. The molecule has 0 aliphatic heterocycles. The summed E-state index contributed by atoms with van der Waals surface area (Å²) in [5.74, 6) is -0.259. The van der Waals surface area contributed by atoms with Crippen LogP contribution in [0, 0.1) is 13.8 Å². The zero-order valence-electron chi connectivity index (χ0n) is 10.6. The van der Waals surface area contributed by atoms with E-state index in [0.29, 0.717) is 5.02 Å². The summed E-state index contributed by atoms with van der Waals surface area (Å²) >= 11 is 6.22. The van der Waals surface area contributed by atoms with E-state index >= 15 is 0 Å². The van der Waals surface area contributed by atoms with Crippen molar-refractivity contribution < 1.29 is 9.53 Å². The number of aromatic nitrogens is 1. The fourth-order valence-corrected chi connectivity index (χ4v) is 2.30. The van der Waals surface area contributed by atoms with Crippen LogP contribution in [0.3, 0.4) is 0 Å². The van der Waals surface area contributed by atoms with Crippen molar-refractivity contribution in [3.63, 3.8) is 0 Å². The molecule has 1 aromatic carbocycles. The lowest BCUT2D eigenvalue weighted by Gasteiger charge is -2.08. The molecule has 4 heteroatoms. The third-order valence-corrected chi connectivity index (χ3v) is 3.13. The SMILES string of the molecule is COC(=O)Cc1cc(C)c2nc(C)cc(Cl)c2c1. The summed E-state index contributed by atoms with van der Waals surface area (Å²) in [6.45, 7) is 3.87. The van der Waals surface area contributed by atoms with Gasteiger partial charge in [-0.25, -0.2) is 0 Å². The molecular formula is C14H14ClNO2. The molecule has 0 saturated heterocycles. The second kappa shape index (κ2) is 4.94. The summed E-state index contributed by atoms with van der Waals surface area (Å²) in [6, 6.07) is 5.67. The Labute approximate surface area is 111 Å². The monoisotopic (exact) mass is 263 g/mol. The normalized spacial score (nSPS) is 10.7. The summed E-state index contributed by atoms with van der Waals surface area (Å²) < 4.78 is 4.67. The number of pyridine rings is 1. The Morgan fingerprint density at radius 2 is 2.06 bits per heavy atom. The van der Waals surface area contributed by atoms with Crippen LogP contribution in [0.1, 0.15) is 16.8 Å². The summed E-state index contributed by atoms with van der Waals surface area (Å²) in [5.41, 5.74) is 3.67. The molecule has 0 spiro atoms. The average Bonchev–Trinajstić information content (AvgIpc) is 2.30. The van der Waals surface area contributed by atoms with Crippen molar-refractivity contribution in [3.05, 3.63) is 40.0 Å². The fraction of sp³-hybridized carbons (Fsp3) is 0.286. The molecular weight excluding hydrogens is 250 g/mol. The Balaban J connectivity index is 2.58. The Morgan fingerprint density at radius 3 is 2.72 bits per heavy atom. The van der Waals surface area contributed by atoms with Crippen LogP contribution in [0.25, 0.3) is 10.9 Å². The molecule has 0 radical (unpaired) electrons. The zero-order chi connectivity index (χ0) is 13.3. The molecule has 1 heterocycles. The maximum absolute atomic E-state index is 11.3. The quantitative estimate of drug-likeness (QED) is 0.781. The summed E-state index contributed by atoms with van der Waals surface area (Å²) in [7, 11) is 1.38. The van der Waals surface area contributed by atoms with Gasteiger partial charge in [0, 0.05) is 11.1 Å². The Bertz CT molecular complexity index is 623. The molecule has 94 valence electrons. The van der Waals surface area contributed by atoms with E-state index in [-0.39, 0.29) is 12.4 Å². The number of benzene rings is 1. The van der Waals surface area contributed by atoms with Crippen LogP contribution in [-0.2, 0) is 16.0 Å².